The molecular weight excluding hydrogens is 318 g/mol. The number of nitrogen functional groups attached to an aromatic ring is 1. The van der Waals surface area contributed by atoms with Gasteiger partial charge in [0, 0.05) is 32.9 Å². The third-order valence-electron chi connectivity index (χ3n) is 3.68. The van der Waals surface area contributed by atoms with Crippen LogP contribution in [0.5, 0.6) is 0 Å². The maximum atomic E-state index is 12.4. The van der Waals surface area contributed by atoms with Crippen molar-refractivity contribution >= 4 is 23.1 Å². The van der Waals surface area contributed by atoms with E-state index in [0.29, 0.717) is 17.2 Å². The molecule has 8 nitrogen and oxygen atoms in total. The van der Waals surface area contributed by atoms with Gasteiger partial charge < -0.3 is 16.0 Å². The highest BCUT2D eigenvalue weighted by atomic mass is 16.1. The van der Waals surface area contributed by atoms with E-state index < -0.39 is 0 Å². The van der Waals surface area contributed by atoms with Crippen LogP contribution in [0.1, 0.15) is 10.5 Å². The molecule has 3 N–H and O–H groups in total. The van der Waals surface area contributed by atoms with Crippen LogP contribution in [-0.2, 0) is 7.05 Å². The zero-order chi connectivity index (χ0) is 18.0. The number of hydrogen-bond acceptors (Lipinski definition) is 6. The fourth-order valence-electron chi connectivity index (χ4n) is 2.29. The third kappa shape index (κ3) is 3.57. The normalized spacial score (nSPS) is 10.5. The molecule has 0 radical (unpaired) electrons. The van der Waals surface area contributed by atoms with E-state index in [1.165, 1.54) is 0 Å². The van der Waals surface area contributed by atoms with Gasteiger partial charge >= 0.3 is 0 Å². The number of rotatable bonds is 4. The summed E-state index contributed by atoms with van der Waals surface area (Å²) in [5.74, 6) is 0.308. The second kappa shape index (κ2) is 6.60. The lowest BCUT2D eigenvalue weighted by atomic mass is 10.1. The molecule has 3 rings (SSSR count). The number of aromatic nitrogens is 4. The number of carbonyl (C=O) groups is 1. The Kier molecular flexibility index (Phi) is 4.34. The van der Waals surface area contributed by atoms with E-state index in [1.807, 2.05) is 44.4 Å². The molecule has 128 valence electrons. The lowest BCUT2D eigenvalue weighted by molar-refractivity contribution is 0.102. The molecule has 2 heterocycles. The van der Waals surface area contributed by atoms with Crippen molar-refractivity contribution in [3.63, 3.8) is 0 Å². The van der Waals surface area contributed by atoms with Crippen molar-refractivity contribution in [3.05, 3.63) is 48.4 Å². The highest BCUT2D eigenvalue weighted by Gasteiger charge is 2.12. The second-order valence-corrected chi connectivity index (χ2v) is 5.83. The minimum atomic E-state index is -0.368. The minimum absolute atomic E-state index is 0.219. The molecule has 0 fully saturated rings. The van der Waals surface area contributed by atoms with E-state index >= 15 is 0 Å². The van der Waals surface area contributed by atoms with Gasteiger partial charge in [-0.3, -0.25) is 9.48 Å². The molecule has 2 aromatic heterocycles. The summed E-state index contributed by atoms with van der Waals surface area (Å²) in [4.78, 5) is 14.2. The summed E-state index contributed by atoms with van der Waals surface area (Å²) in [5.41, 5.74) is 9.04. The van der Waals surface area contributed by atoms with Gasteiger partial charge in [-0.15, -0.1) is 10.2 Å². The Morgan fingerprint density at radius 1 is 1.16 bits per heavy atom. The summed E-state index contributed by atoms with van der Waals surface area (Å²) in [6.07, 6.45) is 3.64. The molecule has 1 amide bonds. The van der Waals surface area contributed by atoms with Crippen molar-refractivity contribution in [3.8, 4) is 11.1 Å². The molecule has 1 aromatic carbocycles. The van der Waals surface area contributed by atoms with Crippen LogP contribution in [-0.4, -0.2) is 40.0 Å². The predicted octanol–water partition coefficient (Wildman–Crippen LogP) is 1.78. The predicted molar refractivity (Wildman–Crippen MR) is 97.4 cm³/mol. The molecule has 0 atom stereocenters. The average molecular weight is 337 g/mol. The maximum absolute atomic E-state index is 12.4. The number of nitrogens with one attached hydrogen (secondary N) is 1. The first kappa shape index (κ1) is 16.4. The molecule has 0 aliphatic carbocycles. The Bertz CT molecular complexity index is 900. The Balaban J connectivity index is 1.83. The number of benzene rings is 1. The summed E-state index contributed by atoms with van der Waals surface area (Å²) in [6.45, 7) is 0. The smallest absolute Gasteiger partial charge is 0.276 e. The maximum Gasteiger partial charge on any atom is 0.276 e. The van der Waals surface area contributed by atoms with Crippen molar-refractivity contribution in [2.24, 2.45) is 7.05 Å². The molecule has 0 spiro atoms. The van der Waals surface area contributed by atoms with Crippen LogP contribution in [0.4, 0.5) is 17.2 Å². The van der Waals surface area contributed by atoms with Gasteiger partial charge in [0.25, 0.3) is 5.91 Å². The van der Waals surface area contributed by atoms with E-state index in [4.69, 9.17) is 5.73 Å². The minimum Gasteiger partial charge on any atom is -0.397 e. The first-order chi connectivity index (χ1) is 11.9. The second-order valence-electron chi connectivity index (χ2n) is 5.83. The Morgan fingerprint density at radius 3 is 2.56 bits per heavy atom. The fourth-order valence-corrected chi connectivity index (χ4v) is 2.29. The highest BCUT2D eigenvalue weighted by molar-refractivity contribution is 6.04. The van der Waals surface area contributed by atoms with Gasteiger partial charge in [0.05, 0.1) is 17.6 Å². The monoisotopic (exact) mass is 337 g/mol. The quantitative estimate of drug-likeness (QED) is 0.704. The van der Waals surface area contributed by atoms with E-state index in [0.717, 1.165) is 11.1 Å². The van der Waals surface area contributed by atoms with Crippen molar-refractivity contribution < 1.29 is 4.79 Å². The number of anilines is 3. The Hall–Kier alpha value is -3.42. The van der Waals surface area contributed by atoms with Crippen LogP contribution >= 0.6 is 0 Å². The number of carbonyl (C=O) groups excluding carboxylic acids is 1. The van der Waals surface area contributed by atoms with Gasteiger partial charge in [-0.2, -0.15) is 5.10 Å². The molecule has 0 saturated carbocycles. The third-order valence-corrected chi connectivity index (χ3v) is 3.68. The van der Waals surface area contributed by atoms with Gasteiger partial charge in [0.2, 0.25) is 0 Å². The van der Waals surface area contributed by atoms with Crippen LogP contribution in [0, 0.1) is 0 Å². The van der Waals surface area contributed by atoms with Crippen molar-refractivity contribution in [2.75, 3.05) is 30.0 Å². The largest absolute Gasteiger partial charge is 0.397 e. The van der Waals surface area contributed by atoms with E-state index in [2.05, 4.69) is 20.6 Å². The Morgan fingerprint density at radius 2 is 1.96 bits per heavy atom. The highest BCUT2D eigenvalue weighted by Crippen LogP contribution is 2.27. The van der Waals surface area contributed by atoms with Gasteiger partial charge in [0.15, 0.2) is 11.5 Å². The molecule has 0 unspecified atom stereocenters. The molecule has 25 heavy (non-hydrogen) atoms. The number of nitrogens with two attached hydrogens (primary N) is 1. The fraction of sp³-hybridized carbons (Fsp3) is 0.176. The molecular formula is C17H19N7O. The van der Waals surface area contributed by atoms with E-state index in [1.54, 1.807) is 29.1 Å². The first-order valence-corrected chi connectivity index (χ1v) is 7.65. The first-order valence-electron chi connectivity index (χ1n) is 7.65. The molecule has 3 aromatic rings. The van der Waals surface area contributed by atoms with Crippen LogP contribution in [0.25, 0.3) is 11.1 Å². The summed E-state index contributed by atoms with van der Waals surface area (Å²) in [6, 6.07) is 8.80. The lowest BCUT2D eigenvalue weighted by Gasteiger charge is -2.11. The number of amides is 1. The van der Waals surface area contributed by atoms with Gasteiger partial charge in [-0.25, -0.2) is 0 Å². The van der Waals surface area contributed by atoms with Crippen molar-refractivity contribution in [1.29, 1.82) is 0 Å². The van der Waals surface area contributed by atoms with Crippen molar-refractivity contribution in [2.45, 2.75) is 0 Å². The summed E-state index contributed by atoms with van der Waals surface area (Å²) < 4.78 is 1.71. The van der Waals surface area contributed by atoms with Crippen molar-refractivity contribution in [1.82, 2.24) is 20.0 Å². The summed E-state index contributed by atoms with van der Waals surface area (Å²) in [7, 11) is 5.56. The average Bonchev–Trinajstić information content (AvgIpc) is 3.03. The lowest BCUT2D eigenvalue weighted by Crippen LogP contribution is -2.17. The number of hydrogen-bond donors (Lipinski definition) is 2. The van der Waals surface area contributed by atoms with Gasteiger partial charge in [-0.05, 0) is 29.8 Å². The number of aryl methyl sites for hydroxylation is 1. The summed E-state index contributed by atoms with van der Waals surface area (Å²) >= 11 is 0. The Labute approximate surface area is 145 Å². The van der Waals surface area contributed by atoms with E-state index in [-0.39, 0.29) is 11.6 Å². The SMILES string of the molecule is CN(C)c1ccc(C(=O)Nc2cc(-c3cnn(C)c3)ccc2N)nn1. The van der Waals surface area contributed by atoms with Crippen LogP contribution in [0.3, 0.4) is 0 Å². The summed E-state index contributed by atoms with van der Waals surface area (Å²) in [5, 5.41) is 14.9. The molecule has 8 heteroatoms. The topological polar surface area (TPSA) is 102 Å². The standard InChI is InChI=1S/C17H19N7O/c1-23(2)16-7-6-14(21-22-16)17(25)20-15-8-11(4-5-13(15)18)12-9-19-24(3)10-12/h4-10H,18H2,1-3H3,(H,20,25). The number of nitrogens with zero attached hydrogens (tertiary/aromatic N) is 5. The van der Waals surface area contributed by atoms with E-state index in [9.17, 15) is 4.79 Å². The zero-order valence-electron chi connectivity index (χ0n) is 14.3. The molecule has 0 bridgehead atoms. The molecule has 0 saturated heterocycles. The zero-order valence-corrected chi connectivity index (χ0v) is 14.3. The molecule has 0 aliphatic rings. The van der Waals surface area contributed by atoms with Crippen LogP contribution in [0.15, 0.2) is 42.7 Å². The molecule has 0 aliphatic heterocycles. The van der Waals surface area contributed by atoms with Gasteiger partial charge in [-0.1, -0.05) is 6.07 Å². The van der Waals surface area contributed by atoms with Crippen LogP contribution < -0.4 is 16.0 Å². The van der Waals surface area contributed by atoms with Gasteiger partial charge in [0.1, 0.15) is 0 Å². The van der Waals surface area contributed by atoms with Crippen LogP contribution in [0.2, 0.25) is 0 Å².